The molecule has 0 spiro atoms. The first-order chi connectivity index (χ1) is 22.2. The number of aryl methyl sites for hydroxylation is 1. The van der Waals surface area contributed by atoms with Gasteiger partial charge in [0.25, 0.3) is 11.7 Å². The number of carbonyl (C=O) groups is 1. The van der Waals surface area contributed by atoms with Crippen LogP contribution in [0, 0.1) is 5.92 Å². The molecule has 4 rings (SSSR count). The highest BCUT2D eigenvalue weighted by molar-refractivity contribution is 6.32. The maximum Gasteiger partial charge on any atom is 0.277 e. The van der Waals surface area contributed by atoms with Gasteiger partial charge in [-0.15, -0.1) is 0 Å². The van der Waals surface area contributed by atoms with Gasteiger partial charge < -0.3 is 35.7 Å². The number of imidazole rings is 1. The molecule has 0 saturated carbocycles. The molecule has 0 bridgehead atoms. The molecular formula is C31H41Cl2N8O5+. The van der Waals surface area contributed by atoms with Gasteiger partial charge in [0.15, 0.2) is 33.5 Å². The first-order valence-electron chi connectivity index (χ1n) is 15.0. The van der Waals surface area contributed by atoms with Gasteiger partial charge >= 0.3 is 0 Å². The highest BCUT2D eigenvalue weighted by Gasteiger charge is 2.29. The molecule has 3 aromatic rings. The van der Waals surface area contributed by atoms with Gasteiger partial charge in [-0.25, -0.2) is 19.1 Å². The fourth-order valence-corrected chi connectivity index (χ4v) is 5.48. The number of halogens is 2. The molecule has 1 saturated heterocycles. The maximum atomic E-state index is 13.1. The molecule has 1 aliphatic rings. The van der Waals surface area contributed by atoms with Crippen LogP contribution in [0.1, 0.15) is 42.5 Å². The van der Waals surface area contributed by atoms with E-state index in [1.807, 2.05) is 19.1 Å². The van der Waals surface area contributed by atoms with Gasteiger partial charge in [-0.1, -0.05) is 29.8 Å². The SMILES string of the molecule is C=C(/C=C(\C=NCCCOc1cc2c(cc1Cl)n(CC)c(CNC(=O)c1nc(Cl)c(N)nc1N)[n+]2CC1CCOCC1)OC)OC. The summed E-state index contributed by atoms with van der Waals surface area (Å²) in [5.41, 5.74) is 13.4. The third-order valence-electron chi connectivity index (χ3n) is 7.57. The van der Waals surface area contributed by atoms with Crippen LogP contribution in [0.15, 0.2) is 41.3 Å². The van der Waals surface area contributed by atoms with Crippen molar-refractivity contribution in [2.75, 3.05) is 52.1 Å². The van der Waals surface area contributed by atoms with Crippen LogP contribution in [0.4, 0.5) is 11.6 Å². The third-order valence-corrected chi connectivity index (χ3v) is 8.14. The van der Waals surface area contributed by atoms with E-state index in [1.165, 1.54) is 7.11 Å². The second kappa shape index (κ2) is 16.5. The molecule has 0 unspecified atom stereocenters. The minimum absolute atomic E-state index is 0.0410. The Morgan fingerprint density at radius 2 is 1.98 bits per heavy atom. The molecule has 0 radical (unpaired) electrons. The molecule has 1 aromatic carbocycles. The number of methoxy groups -OCH3 is 2. The molecule has 13 nitrogen and oxygen atoms in total. The number of benzene rings is 1. The Labute approximate surface area is 278 Å². The number of allylic oxidation sites excluding steroid dienone is 2. The summed E-state index contributed by atoms with van der Waals surface area (Å²) >= 11 is 12.8. The quantitative estimate of drug-likeness (QED) is 0.0707. The fraction of sp³-hybridized carbons (Fsp3) is 0.452. The second-order valence-corrected chi connectivity index (χ2v) is 11.3. The third kappa shape index (κ3) is 8.59. The van der Waals surface area contributed by atoms with Crippen molar-refractivity contribution < 1.29 is 28.3 Å². The highest BCUT2D eigenvalue weighted by Crippen LogP contribution is 2.31. The van der Waals surface area contributed by atoms with Crippen LogP contribution >= 0.6 is 23.2 Å². The summed E-state index contributed by atoms with van der Waals surface area (Å²) < 4.78 is 26.4. The molecule has 1 amide bonds. The monoisotopic (exact) mass is 675 g/mol. The van der Waals surface area contributed by atoms with Crippen LogP contribution in [-0.2, 0) is 33.8 Å². The lowest BCUT2D eigenvalue weighted by atomic mass is 10.0. The van der Waals surface area contributed by atoms with Gasteiger partial charge in [-0.3, -0.25) is 9.79 Å². The standard InChI is InChI=1S/C31H40Cl2N8O5/c1-5-40-23-14-22(32)25(46-10-6-9-36-16-21(44-4)13-19(2)43-3)15-24(23)41(18-20-7-11-45-12-8-20)26(40)17-37-31(42)27-29(34)39-30(35)28(33)38-27/h13-16,20H,2,5-12,17-18H2,1,3-4H3,(H4-,34,35,37,39,42)/p+1/b21-13+,36-16?. The number of carbonyl (C=O) groups excluding carboxylic acids is 1. The zero-order chi connectivity index (χ0) is 33.2. The van der Waals surface area contributed by atoms with Crippen molar-refractivity contribution in [1.29, 1.82) is 0 Å². The van der Waals surface area contributed by atoms with Crippen LogP contribution in [0.2, 0.25) is 10.2 Å². The summed E-state index contributed by atoms with van der Waals surface area (Å²) in [7, 11) is 3.10. The van der Waals surface area contributed by atoms with Gasteiger partial charge in [0, 0.05) is 50.3 Å². The zero-order valence-electron chi connectivity index (χ0n) is 26.4. The summed E-state index contributed by atoms with van der Waals surface area (Å²) in [6.07, 6.45) is 5.81. The van der Waals surface area contributed by atoms with E-state index < -0.39 is 5.91 Å². The van der Waals surface area contributed by atoms with Crippen molar-refractivity contribution in [3.8, 4) is 5.75 Å². The van der Waals surface area contributed by atoms with Crippen LogP contribution in [-0.4, -0.2) is 67.2 Å². The van der Waals surface area contributed by atoms with Crippen molar-refractivity contribution in [3.05, 3.63) is 58.0 Å². The number of hydrogen-bond donors (Lipinski definition) is 3. The minimum Gasteiger partial charge on any atom is -0.497 e. The van der Waals surface area contributed by atoms with Crippen LogP contribution in [0.5, 0.6) is 5.75 Å². The number of ether oxygens (including phenoxy) is 4. The second-order valence-electron chi connectivity index (χ2n) is 10.6. The summed E-state index contributed by atoms with van der Waals surface area (Å²) in [5.74, 6) is 2.20. The Morgan fingerprint density at radius 3 is 2.67 bits per heavy atom. The van der Waals surface area contributed by atoms with Crippen molar-refractivity contribution in [2.45, 2.75) is 45.8 Å². The Balaban J connectivity index is 1.57. The number of nitrogens with zero attached hydrogens (tertiary/aromatic N) is 5. The highest BCUT2D eigenvalue weighted by atomic mass is 35.5. The number of rotatable bonds is 15. The average molecular weight is 677 g/mol. The molecule has 0 atom stereocenters. The van der Waals surface area contributed by atoms with E-state index in [0.717, 1.165) is 36.2 Å². The minimum atomic E-state index is -0.515. The lowest BCUT2D eigenvalue weighted by Gasteiger charge is -2.21. The number of hydrogen-bond acceptors (Lipinski definition) is 10. The number of aliphatic imine (C=N–C) groups is 1. The Bertz CT molecular complexity index is 1620. The molecule has 0 aliphatic carbocycles. The van der Waals surface area contributed by atoms with Crippen LogP contribution in [0.25, 0.3) is 11.0 Å². The van der Waals surface area contributed by atoms with Crippen molar-refractivity contribution in [1.82, 2.24) is 19.9 Å². The Hall–Kier alpha value is -4.07. The van der Waals surface area contributed by atoms with Gasteiger partial charge in [0.05, 0.1) is 45.2 Å². The number of amides is 1. The zero-order valence-corrected chi connectivity index (χ0v) is 27.9. The molecule has 46 heavy (non-hydrogen) atoms. The van der Waals surface area contributed by atoms with E-state index in [4.69, 9.17) is 53.6 Å². The van der Waals surface area contributed by atoms with Crippen molar-refractivity contribution in [2.24, 2.45) is 10.9 Å². The van der Waals surface area contributed by atoms with E-state index in [9.17, 15) is 4.79 Å². The molecule has 3 heterocycles. The van der Waals surface area contributed by atoms with Crippen LogP contribution in [0.3, 0.4) is 0 Å². The molecule has 2 aromatic heterocycles. The fourth-order valence-electron chi connectivity index (χ4n) is 5.14. The maximum absolute atomic E-state index is 13.1. The van der Waals surface area contributed by atoms with E-state index in [0.29, 0.717) is 67.5 Å². The van der Waals surface area contributed by atoms with Gasteiger partial charge in [0.2, 0.25) is 0 Å². The summed E-state index contributed by atoms with van der Waals surface area (Å²) in [6.45, 7) is 9.71. The lowest BCUT2D eigenvalue weighted by molar-refractivity contribution is -0.687. The van der Waals surface area contributed by atoms with E-state index >= 15 is 0 Å². The first kappa shape index (κ1) is 34.8. The van der Waals surface area contributed by atoms with Crippen molar-refractivity contribution in [3.63, 3.8) is 0 Å². The number of nitrogens with one attached hydrogen (secondary N) is 1. The topological polar surface area (TPSA) is 165 Å². The molecule has 1 aliphatic heterocycles. The van der Waals surface area contributed by atoms with E-state index in [2.05, 4.69) is 36.0 Å². The van der Waals surface area contributed by atoms with Gasteiger partial charge in [0.1, 0.15) is 23.8 Å². The summed E-state index contributed by atoms with van der Waals surface area (Å²) in [4.78, 5) is 25.5. The van der Waals surface area contributed by atoms with Gasteiger partial charge in [-0.2, -0.15) is 0 Å². The normalized spacial score (nSPS) is 14.2. The Kier molecular flexibility index (Phi) is 12.5. The van der Waals surface area contributed by atoms with E-state index in [-0.39, 0.29) is 29.0 Å². The van der Waals surface area contributed by atoms with E-state index in [1.54, 1.807) is 19.4 Å². The number of anilines is 2. The largest absolute Gasteiger partial charge is 0.497 e. The predicted octanol–water partition coefficient (Wildman–Crippen LogP) is 4.10. The smallest absolute Gasteiger partial charge is 0.277 e. The molecular weight excluding hydrogens is 635 g/mol. The number of nitrogens with two attached hydrogens (primary N) is 2. The molecule has 5 N–H and O–H groups in total. The number of fused-ring (bicyclic) bond motifs is 1. The van der Waals surface area contributed by atoms with Crippen molar-refractivity contribution >= 4 is 58.0 Å². The van der Waals surface area contributed by atoms with Gasteiger partial charge in [-0.05, 0) is 19.8 Å². The number of nitrogen functional groups attached to an aromatic ring is 2. The summed E-state index contributed by atoms with van der Waals surface area (Å²) in [5, 5.41) is 3.33. The summed E-state index contributed by atoms with van der Waals surface area (Å²) in [6, 6.07) is 3.87. The average Bonchev–Trinajstić information content (AvgIpc) is 3.33. The first-order valence-corrected chi connectivity index (χ1v) is 15.7. The Morgan fingerprint density at radius 1 is 1.22 bits per heavy atom. The number of aromatic nitrogens is 4. The molecule has 248 valence electrons. The predicted molar refractivity (Wildman–Crippen MR) is 178 cm³/mol. The lowest BCUT2D eigenvalue weighted by Crippen LogP contribution is -2.44. The molecule has 15 heteroatoms. The molecule has 1 fully saturated rings. The van der Waals surface area contributed by atoms with Crippen LogP contribution < -0.4 is 26.1 Å².